The van der Waals surface area contributed by atoms with Crippen molar-refractivity contribution in [2.75, 3.05) is 6.61 Å². The third-order valence-corrected chi connectivity index (χ3v) is 2.82. The lowest BCUT2D eigenvalue weighted by atomic mass is 10.4. The smallest absolute Gasteiger partial charge is 0.339 e. The maximum atomic E-state index is 11.8. The van der Waals surface area contributed by atoms with E-state index in [1.54, 1.807) is 22.3 Å². The van der Waals surface area contributed by atoms with Crippen LogP contribution in [0.3, 0.4) is 0 Å². The standard InChI is InChI=1S/C10H10BrF3N2O2/c11-6-3-8(16(4-6)7-1-2-7)9(17)15-18-5-10(12,13)14/h3-4,7H,1-2,5H2,(H,15,17). The molecule has 1 heterocycles. The minimum Gasteiger partial charge on any atom is -0.339 e. The summed E-state index contributed by atoms with van der Waals surface area (Å²) in [4.78, 5) is 15.8. The van der Waals surface area contributed by atoms with Gasteiger partial charge in [-0.05, 0) is 34.8 Å². The molecule has 0 aliphatic heterocycles. The summed E-state index contributed by atoms with van der Waals surface area (Å²) >= 11 is 3.23. The van der Waals surface area contributed by atoms with Crippen molar-refractivity contribution in [2.24, 2.45) is 0 Å². The highest BCUT2D eigenvalue weighted by molar-refractivity contribution is 9.10. The van der Waals surface area contributed by atoms with Crippen LogP contribution in [-0.2, 0) is 4.84 Å². The molecule has 1 amide bonds. The first-order chi connectivity index (χ1) is 8.37. The van der Waals surface area contributed by atoms with Crippen molar-refractivity contribution >= 4 is 21.8 Å². The summed E-state index contributed by atoms with van der Waals surface area (Å²) in [7, 11) is 0. The van der Waals surface area contributed by atoms with Gasteiger partial charge in [0.2, 0.25) is 0 Å². The molecule has 1 aliphatic rings. The Balaban J connectivity index is 1.96. The van der Waals surface area contributed by atoms with Crippen LogP contribution in [-0.4, -0.2) is 23.3 Å². The van der Waals surface area contributed by atoms with E-state index in [-0.39, 0.29) is 11.7 Å². The third kappa shape index (κ3) is 3.49. The maximum absolute atomic E-state index is 11.8. The molecule has 0 unspecified atom stereocenters. The van der Waals surface area contributed by atoms with E-state index >= 15 is 0 Å². The second kappa shape index (κ2) is 4.93. The van der Waals surface area contributed by atoms with Gasteiger partial charge in [0.25, 0.3) is 5.91 Å². The molecule has 1 aromatic rings. The summed E-state index contributed by atoms with van der Waals surface area (Å²) < 4.78 is 38.0. The van der Waals surface area contributed by atoms with Crippen LogP contribution in [0.25, 0.3) is 0 Å². The summed E-state index contributed by atoms with van der Waals surface area (Å²) in [5.74, 6) is -0.683. The largest absolute Gasteiger partial charge is 0.414 e. The Bertz CT molecular complexity index is 454. The van der Waals surface area contributed by atoms with Crippen molar-refractivity contribution < 1.29 is 22.8 Å². The number of aromatic nitrogens is 1. The molecule has 1 fully saturated rings. The third-order valence-electron chi connectivity index (χ3n) is 2.39. The zero-order valence-electron chi connectivity index (χ0n) is 9.13. The Hall–Kier alpha value is -1.02. The highest BCUT2D eigenvalue weighted by Gasteiger charge is 2.30. The van der Waals surface area contributed by atoms with Crippen molar-refractivity contribution in [1.82, 2.24) is 10.0 Å². The molecule has 0 radical (unpaired) electrons. The van der Waals surface area contributed by atoms with Gasteiger partial charge in [-0.1, -0.05) is 0 Å². The minimum absolute atomic E-state index is 0.250. The Labute approximate surface area is 109 Å². The SMILES string of the molecule is O=C(NOCC(F)(F)F)c1cc(Br)cn1C1CC1. The Kier molecular flexibility index (Phi) is 3.67. The van der Waals surface area contributed by atoms with E-state index in [0.29, 0.717) is 4.47 Å². The fourth-order valence-corrected chi connectivity index (χ4v) is 1.96. The molecule has 18 heavy (non-hydrogen) atoms. The van der Waals surface area contributed by atoms with Gasteiger partial charge in [-0.3, -0.25) is 9.63 Å². The molecule has 0 atom stereocenters. The molecule has 0 aromatic carbocycles. The van der Waals surface area contributed by atoms with Gasteiger partial charge >= 0.3 is 6.18 Å². The molecular weight excluding hydrogens is 317 g/mol. The molecule has 0 bridgehead atoms. The Morgan fingerprint density at radius 3 is 2.78 bits per heavy atom. The number of rotatable bonds is 4. The van der Waals surface area contributed by atoms with E-state index in [9.17, 15) is 18.0 Å². The lowest BCUT2D eigenvalue weighted by Gasteiger charge is -2.10. The molecule has 8 heteroatoms. The van der Waals surface area contributed by atoms with Crippen molar-refractivity contribution in [3.05, 3.63) is 22.4 Å². The highest BCUT2D eigenvalue weighted by atomic mass is 79.9. The van der Waals surface area contributed by atoms with Gasteiger partial charge in [-0.25, -0.2) is 5.48 Å². The summed E-state index contributed by atoms with van der Waals surface area (Å²) in [5, 5.41) is 0. The maximum Gasteiger partial charge on any atom is 0.414 e. The van der Waals surface area contributed by atoms with Gasteiger partial charge in [0.15, 0.2) is 6.61 Å². The molecule has 1 saturated carbocycles. The van der Waals surface area contributed by atoms with Gasteiger partial charge in [-0.2, -0.15) is 13.2 Å². The van der Waals surface area contributed by atoms with E-state index in [1.807, 2.05) is 0 Å². The van der Waals surface area contributed by atoms with Crippen LogP contribution >= 0.6 is 15.9 Å². The van der Waals surface area contributed by atoms with Crippen LogP contribution in [0.1, 0.15) is 29.4 Å². The molecule has 4 nitrogen and oxygen atoms in total. The van der Waals surface area contributed by atoms with Crippen molar-refractivity contribution in [3.8, 4) is 0 Å². The molecule has 1 N–H and O–H groups in total. The molecule has 2 rings (SSSR count). The lowest BCUT2D eigenvalue weighted by Crippen LogP contribution is -2.30. The first kappa shape index (κ1) is 13.4. The Morgan fingerprint density at radius 2 is 2.22 bits per heavy atom. The average Bonchev–Trinajstić information content (AvgIpc) is 3.00. The summed E-state index contributed by atoms with van der Waals surface area (Å²) in [5.41, 5.74) is 2.08. The predicted octanol–water partition coefficient (Wildman–Crippen LogP) is 2.81. The number of alkyl halides is 3. The zero-order chi connectivity index (χ0) is 13.3. The number of amides is 1. The zero-order valence-corrected chi connectivity index (χ0v) is 10.7. The monoisotopic (exact) mass is 326 g/mol. The van der Waals surface area contributed by atoms with Gasteiger partial charge in [-0.15, -0.1) is 0 Å². The van der Waals surface area contributed by atoms with E-state index in [4.69, 9.17) is 0 Å². The lowest BCUT2D eigenvalue weighted by molar-refractivity contribution is -0.184. The number of carbonyl (C=O) groups is 1. The summed E-state index contributed by atoms with van der Waals surface area (Å²) in [6.45, 7) is -1.51. The van der Waals surface area contributed by atoms with Crippen LogP contribution < -0.4 is 5.48 Å². The summed E-state index contributed by atoms with van der Waals surface area (Å²) in [6, 6.07) is 1.80. The first-order valence-corrected chi connectivity index (χ1v) is 6.02. The van der Waals surface area contributed by atoms with Gasteiger partial charge < -0.3 is 4.57 Å². The first-order valence-electron chi connectivity index (χ1n) is 5.23. The van der Waals surface area contributed by atoms with Crippen LogP contribution in [0.4, 0.5) is 13.2 Å². The van der Waals surface area contributed by atoms with Crippen molar-refractivity contribution in [1.29, 1.82) is 0 Å². The number of hydroxylamine groups is 1. The van der Waals surface area contributed by atoms with E-state index in [2.05, 4.69) is 20.8 Å². The van der Waals surface area contributed by atoms with Gasteiger partial charge in [0.05, 0.1) is 0 Å². The molecule has 0 saturated heterocycles. The number of hydrogen-bond acceptors (Lipinski definition) is 2. The number of nitrogens with one attached hydrogen (secondary N) is 1. The van der Waals surface area contributed by atoms with Crippen molar-refractivity contribution in [3.63, 3.8) is 0 Å². The summed E-state index contributed by atoms with van der Waals surface area (Å²) in [6.07, 6.45) is -0.807. The van der Waals surface area contributed by atoms with Crippen LogP contribution in [0.15, 0.2) is 16.7 Å². The average molecular weight is 327 g/mol. The molecule has 1 aromatic heterocycles. The highest BCUT2D eigenvalue weighted by Crippen LogP contribution is 2.37. The quantitative estimate of drug-likeness (QED) is 0.864. The normalized spacial score (nSPS) is 15.8. The number of hydrogen-bond donors (Lipinski definition) is 1. The fraction of sp³-hybridized carbons (Fsp3) is 0.500. The van der Waals surface area contributed by atoms with Crippen LogP contribution in [0.2, 0.25) is 0 Å². The fourth-order valence-electron chi connectivity index (χ4n) is 1.52. The number of carbonyl (C=O) groups excluding carboxylic acids is 1. The molecule has 0 spiro atoms. The molecule has 100 valence electrons. The van der Waals surface area contributed by atoms with E-state index in [0.717, 1.165) is 12.8 Å². The topological polar surface area (TPSA) is 43.3 Å². The van der Waals surface area contributed by atoms with E-state index < -0.39 is 18.7 Å². The van der Waals surface area contributed by atoms with Crippen LogP contribution in [0.5, 0.6) is 0 Å². The van der Waals surface area contributed by atoms with E-state index in [1.165, 1.54) is 0 Å². The number of halogens is 4. The Morgan fingerprint density at radius 1 is 1.56 bits per heavy atom. The van der Waals surface area contributed by atoms with Gasteiger partial charge in [0, 0.05) is 16.7 Å². The second-order valence-electron chi connectivity index (χ2n) is 4.02. The van der Waals surface area contributed by atoms with Gasteiger partial charge in [0.1, 0.15) is 5.69 Å². The molecular formula is C10H10BrF3N2O2. The van der Waals surface area contributed by atoms with Crippen molar-refractivity contribution in [2.45, 2.75) is 25.1 Å². The second-order valence-corrected chi connectivity index (χ2v) is 4.93. The predicted molar refractivity (Wildman–Crippen MR) is 59.9 cm³/mol. The minimum atomic E-state index is -4.47. The number of nitrogens with zero attached hydrogens (tertiary/aromatic N) is 1. The molecule has 1 aliphatic carbocycles. The van der Waals surface area contributed by atoms with Crippen LogP contribution in [0, 0.1) is 0 Å².